The number of hydrogen-bond donors (Lipinski definition) is 1. The summed E-state index contributed by atoms with van der Waals surface area (Å²) in [5, 5.41) is 3.38. The average Bonchev–Trinajstić information content (AvgIpc) is 2.91. The summed E-state index contributed by atoms with van der Waals surface area (Å²) >= 11 is 3.39. The van der Waals surface area contributed by atoms with E-state index in [1.54, 1.807) is 0 Å². The van der Waals surface area contributed by atoms with Crippen molar-refractivity contribution in [1.82, 2.24) is 5.32 Å². The standard InChI is InChI=1S/C12H14BrNO3/c13-6-2-1-4-12-5-3-7(17-12)8-9(12)11(16)14-10(8)15/h3,5,7-9H,1-2,4,6H2,(H,14,15,16). The van der Waals surface area contributed by atoms with Crippen LogP contribution in [0.1, 0.15) is 19.3 Å². The number of rotatable bonds is 4. The lowest BCUT2D eigenvalue weighted by Gasteiger charge is -2.27. The fourth-order valence-electron chi connectivity index (χ4n) is 3.21. The minimum Gasteiger partial charge on any atom is -0.362 e. The van der Waals surface area contributed by atoms with E-state index >= 15 is 0 Å². The van der Waals surface area contributed by atoms with Crippen LogP contribution in [0.4, 0.5) is 0 Å². The third kappa shape index (κ3) is 1.52. The minimum atomic E-state index is -0.520. The van der Waals surface area contributed by atoms with Crippen molar-refractivity contribution in [3.8, 4) is 0 Å². The van der Waals surface area contributed by atoms with Crippen LogP contribution in [0, 0.1) is 11.8 Å². The largest absolute Gasteiger partial charge is 0.362 e. The lowest BCUT2D eigenvalue weighted by atomic mass is 9.75. The van der Waals surface area contributed by atoms with Crippen molar-refractivity contribution in [2.75, 3.05) is 5.33 Å². The molecule has 0 aromatic carbocycles. The van der Waals surface area contributed by atoms with Crippen molar-refractivity contribution in [3.63, 3.8) is 0 Å². The van der Waals surface area contributed by atoms with Gasteiger partial charge in [-0.3, -0.25) is 14.9 Å². The van der Waals surface area contributed by atoms with Gasteiger partial charge in [0, 0.05) is 5.33 Å². The zero-order valence-corrected chi connectivity index (χ0v) is 10.9. The maximum Gasteiger partial charge on any atom is 0.233 e. The first-order valence-corrected chi connectivity index (χ1v) is 7.08. The molecule has 17 heavy (non-hydrogen) atoms. The van der Waals surface area contributed by atoms with Gasteiger partial charge in [0.1, 0.15) is 0 Å². The third-order valence-corrected chi connectivity index (χ3v) is 4.51. The second-order valence-electron chi connectivity index (χ2n) is 4.90. The van der Waals surface area contributed by atoms with E-state index in [4.69, 9.17) is 4.74 Å². The number of fused-ring (bicyclic) bond motifs is 5. The molecule has 92 valence electrons. The van der Waals surface area contributed by atoms with E-state index in [9.17, 15) is 9.59 Å². The number of carbonyl (C=O) groups excluding carboxylic acids is 2. The Morgan fingerprint density at radius 3 is 2.94 bits per heavy atom. The lowest BCUT2D eigenvalue weighted by Crippen LogP contribution is -2.39. The SMILES string of the molecule is O=C1NC(=O)C2C1C1C=CC2(CCCCBr)O1. The number of carbonyl (C=O) groups is 2. The number of amides is 2. The first-order valence-electron chi connectivity index (χ1n) is 5.96. The Balaban J connectivity index is 1.84. The van der Waals surface area contributed by atoms with Crippen molar-refractivity contribution in [2.45, 2.75) is 31.0 Å². The Bertz CT molecular complexity index is 409. The van der Waals surface area contributed by atoms with Gasteiger partial charge in [0.2, 0.25) is 11.8 Å². The molecule has 0 radical (unpaired) electrons. The summed E-state index contributed by atoms with van der Waals surface area (Å²) in [7, 11) is 0. The van der Waals surface area contributed by atoms with Crippen LogP contribution in [0.15, 0.2) is 12.2 Å². The molecule has 2 amide bonds. The number of unbranched alkanes of at least 4 members (excludes halogenated alkanes) is 1. The Hall–Kier alpha value is -0.680. The summed E-state index contributed by atoms with van der Waals surface area (Å²) in [6.45, 7) is 0. The molecule has 4 nitrogen and oxygen atoms in total. The van der Waals surface area contributed by atoms with Crippen LogP contribution in [-0.2, 0) is 14.3 Å². The number of hydrogen-bond acceptors (Lipinski definition) is 3. The molecule has 1 N–H and O–H groups in total. The zero-order valence-electron chi connectivity index (χ0n) is 9.32. The van der Waals surface area contributed by atoms with Gasteiger partial charge in [-0.15, -0.1) is 0 Å². The van der Waals surface area contributed by atoms with Crippen LogP contribution in [0.25, 0.3) is 0 Å². The van der Waals surface area contributed by atoms with E-state index in [-0.39, 0.29) is 29.8 Å². The molecule has 0 saturated carbocycles. The van der Waals surface area contributed by atoms with Gasteiger partial charge in [-0.05, 0) is 19.3 Å². The number of halogens is 1. The molecule has 4 unspecified atom stereocenters. The van der Waals surface area contributed by atoms with Gasteiger partial charge in [-0.1, -0.05) is 28.1 Å². The van der Waals surface area contributed by atoms with Gasteiger partial charge in [-0.25, -0.2) is 0 Å². The Kier molecular flexibility index (Phi) is 2.63. The van der Waals surface area contributed by atoms with Gasteiger partial charge in [0.15, 0.2) is 0 Å². The van der Waals surface area contributed by atoms with Crippen LogP contribution in [0.2, 0.25) is 0 Å². The van der Waals surface area contributed by atoms with Gasteiger partial charge in [0.05, 0.1) is 23.5 Å². The molecule has 2 fully saturated rings. The summed E-state index contributed by atoms with van der Waals surface area (Å²) in [5.41, 5.74) is -0.520. The van der Waals surface area contributed by atoms with Crippen molar-refractivity contribution < 1.29 is 14.3 Å². The predicted octanol–water partition coefficient (Wildman–Crippen LogP) is 1.15. The van der Waals surface area contributed by atoms with Crippen molar-refractivity contribution in [3.05, 3.63) is 12.2 Å². The van der Waals surface area contributed by atoms with Crippen LogP contribution >= 0.6 is 15.9 Å². The zero-order chi connectivity index (χ0) is 12.0. The third-order valence-electron chi connectivity index (χ3n) is 3.95. The highest BCUT2D eigenvalue weighted by Crippen LogP contribution is 2.51. The van der Waals surface area contributed by atoms with Crippen LogP contribution in [0.3, 0.4) is 0 Å². The molecule has 0 spiro atoms. The summed E-state index contributed by atoms with van der Waals surface area (Å²) in [6.07, 6.45) is 6.59. The Labute approximate surface area is 108 Å². The monoisotopic (exact) mass is 299 g/mol. The first-order chi connectivity index (χ1) is 8.18. The molecule has 3 heterocycles. The van der Waals surface area contributed by atoms with Crippen molar-refractivity contribution in [1.29, 1.82) is 0 Å². The number of ether oxygens (including phenoxy) is 1. The molecule has 5 heteroatoms. The minimum absolute atomic E-state index is 0.161. The summed E-state index contributed by atoms with van der Waals surface area (Å²) < 4.78 is 5.91. The van der Waals surface area contributed by atoms with E-state index in [2.05, 4.69) is 21.2 Å². The van der Waals surface area contributed by atoms with Crippen molar-refractivity contribution >= 4 is 27.7 Å². The fraction of sp³-hybridized carbons (Fsp3) is 0.667. The van der Waals surface area contributed by atoms with Gasteiger partial charge >= 0.3 is 0 Å². The molecule has 4 atom stereocenters. The van der Waals surface area contributed by atoms with Crippen molar-refractivity contribution in [2.24, 2.45) is 11.8 Å². The highest BCUT2D eigenvalue weighted by Gasteiger charge is 2.64. The maximum absolute atomic E-state index is 11.8. The number of nitrogens with one attached hydrogen (secondary N) is 1. The highest BCUT2D eigenvalue weighted by molar-refractivity contribution is 9.09. The molecule has 0 aliphatic carbocycles. The second kappa shape index (κ2) is 3.92. The molecule has 3 aliphatic heterocycles. The van der Waals surface area contributed by atoms with Gasteiger partial charge < -0.3 is 4.74 Å². The van der Waals surface area contributed by atoms with Gasteiger partial charge in [-0.2, -0.15) is 0 Å². The fourth-order valence-corrected chi connectivity index (χ4v) is 3.61. The lowest BCUT2D eigenvalue weighted by molar-refractivity contribution is -0.130. The second-order valence-corrected chi connectivity index (χ2v) is 5.69. The van der Waals surface area contributed by atoms with Crippen LogP contribution < -0.4 is 5.32 Å². The maximum atomic E-state index is 11.8. The van der Waals surface area contributed by atoms with Crippen LogP contribution in [0.5, 0.6) is 0 Å². The van der Waals surface area contributed by atoms with E-state index < -0.39 is 5.60 Å². The molecule has 0 aromatic heterocycles. The van der Waals surface area contributed by atoms with E-state index in [1.165, 1.54) is 0 Å². The average molecular weight is 300 g/mol. The molecule has 3 rings (SSSR count). The molecule has 2 bridgehead atoms. The Morgan fingerprint density at radius 1 is 1.35 bits per heavy atom. The summed E-state index contributed by atoms with van der Waals surface area (Å²) in [5.74, 6) is -0.931. The summed E-state index contributed by atoms with van der Waals surface area (Å²) in [6, 6.07) is 0. The molecule has 2 saturated heterocycles. The van der Waals surface area contributed by atoms with E-state index in [1.807, 2.05) is 12.2 Å². The molecule has 3 aliphatic rings. The van der Waals surface area contributed by atoms with E-state index in [0.717, 1.165) is 24.6 Å². The first kappa shape index (κ1) is 11.4. The smallest absolute Gasteiger partial charge is 0.233 e. The Morgan fingerprint density at radius 2 is 2.18 bits per heavy atom. The molecule has 0 aromatic rings. The topological polar surface area (TPSA) is 55.4 Å². The molecular formula is C12H14BrNO3. The van der Waals surface area contributed by atoms with E-state index in [0.29, 0.717) is 0 Å². The highest BCUT2D eigenvalue weighted by atomic mass is 79.9. The number of imide groups is 1. The molecular weight excluding hydrogens is 286 g/mol. The number of alkyl halides is 1. The van der Waals surface area contributed by atoms with Gasteiger partial charge in [0.25, 0.3) is 0 Å². The quantitative estimate of drug-likeness (QED) is 0.367. The van der Waals surface area contributed by atoms with Crippen LogP contribution in [-0.4, -0.2) is 28.8 Å². The summed E-state index contributed by atoms with van der Waals surface area (Å²) in [4.78, 5) is 23.5. The predicted molar refractivity (Wildman–Crippen MR) is 64.5 cm³/mol. The normalized spacial score (nSPS) is 42.1.